The van der Waals surface area contributed by atoms with Crippen LogP contribution in [-0.4, -0.2) is 31.1 Å². The molecule has 3 heterocycles. The number of piperidine rings is 1. The van der Waals surface area contributed by atoms with Gasteiger partial charge in [-0.05, 0) is 91.4 Å². The number of rotatable bonds is 5. The first kappa shape index (κ1) is 26.3. The number of hydrogen-bond donors (Lipinski definition) is 2. The van der Waals surface area contributed by atoms with Crippen LogP contribution in [0.5, 0.6) is 0 Å². The van der Waals surface area contributed by atoms with E-state index in [1.165, 1.54) is 12.1 Å². The third kappa shape index (κ3) is 4.49. The van der Waals surface area contributed by atoms with Gasteiger partial charge >= 0.3 is 10.2 Å². The Bertz CT molecular complexity index is 2010. The predicted octanol–water partition coefficient (Wildman–Crippen LogP) is 6.07. The Hall–Kier alpha value is -3.93. The van der Waals surface area contributed by atoms with E-state index in [9.17, 15) is 17.1 Å². The molecule has 0 saturated carbocycles. The molecule has 1 aliphatic heterocycles. The number of nitrogens with one attached hydrogen (secondary N) is 2. The Labute approximate surface area is 232 Å². The molecule has 0 radical (unpaired) electrons. The van der Waals surface area contributed by atoms with Gasteiger partial charge in [-0.25, -0.2) is 0 Å². The van der Waals surface area contributed by atoms with Crippen LogP contribution < -0.4 is 10.7 Å². The summed E-state index contributed by atoms with van der Waals surface area (Å²) in [7, 11) is -4.87. The summed E-state index contributed by atoms with van der Waals surface area (Å²) >= 11 is 0. The standard InChI is InChI=1S/C32H30FN3O3S/c1-4-20-8-9-25-28(15-20)35-32-30(25)31(37)27-17-22(14-19(2)3)26(21-6-5-7-24(16-21)40(33,38)39)18-29(27)36(32)23-10-12-34-13-11-23/h1,5-9,15-19,23,34-35H,10-14H2,2-3H3. The van der Waals surface area contributed by atoms with Crippen molar-refractivity contribution in [3.05, 3.63) is 75.9 Å². The average Bonchev–Trinajstić information content (AvgIpc) is 3.31. The molecule has 1 aliphatic rings. The van der Waals surface area contributed by atoms with Crippen LogP contribution in [0, 0.1) is 18.3 Å². The number of aromatic nitrogens is 2. The van der Waals surface area contributed by atoms with Gasteiger partial charge in [-0.15, -0.1) is 10.3 Å². The monoisotopic (exact) mass is 555 g/mol. The maximum atomic E-state index is 14.2. The number of pyridine rings is 1. The van der Waals surface area contributed by atoms with Crippen LogP contribution in [0.1, 0.15) is 43.9 Å². The molecule has 8 heteroatoms. The second-order valence-electron chi connectivity index (χ2n) is 11.0. The van der Waals surface area contributed by atoms with Crippen molar-refractivity contribution in [1.29, 1.82) is 0 Å². The van der Waals surface area contributed by atoms with E-state index in [4.69, 9.17) is 6.42 Å². The number of hydrogen-bond acceptors (Lipinski definition) is 4. The van der Waals surface area contributed by atoms with E-state index in [2.05, 4.69) is 34.6 Å². The summed E-state index contributed by atoms with van der Waals surface area (Å²) in [5, 5.41) is 5.50. The van der Waals surface area contributed by atoms with Crippen LogP contribution in [0.25, 0.3) is 44.0 Å². The van der Waals surface area contributed by atoms with Crippen LogP contribution in [-0.2, 0) is 16.6 Å². The van der Waals surface area contributed by atoms with Gasteiger partial charge in [-0.3, -0.25) is 4.79 Å². The summed E-state index contributed by atoms with van der Waals surface area (Å²) in [5.74, 6) is 2.95. The number of fused-ring (bicyclic) bond motifs is 4. The Morgan fingerprint density at radius 2 is 1.85 bits per heavy atom. The molecule has 0 aliphatic carbocycles. The number of terminal acetylenes is 1. The summed E-state index contributed by atoms with van der Waals surface area (Å²) in [5.41, 5.74) is 5.29. The predicted molar refractivity (Wildman–Crippen MR) is 159 cm³/mol. The summed E-state index contributed by atoms with van der Waals surface area (Å²) in [6.45, 7) is 5.90. The van der Waals surface area contributed by atoms with E-state index >= 15 is 0 Å². The molecular weight excluding hydrogens is 525 g/mol. The average molecular weight is 556 g/mol. The summed E-state index contributed by atoms with van der Waals surface area (Å²) < 4.78 is 39.7. The van der Waals surface area contributed by atoms with Crippen molar-refractivity contribution in [1.82, 2.24) is 14.9 Å². The zero-order chi connectivity index (χ0) is 28.2. The zero-order valence-corrected chi connectivity index (χ0v) is 23.2. The first-order valence-electron chi connectivity index (χ1n) is 13.5. The maximum Gasteiger partial charge on any atom is 0.332 e. The first-order chi connectivity index (χ1) is 19.2. The highest BCUT2D eigenvalue weighted by Gasteiger charge is 2.25. The Morgan fingerprint density at radius 1 is 1.07 bits per heavy atom. The fraction of sp³-hybridized carbons (Fsp3) is 0.281. The molecular formula is C32H30FN3O3S. The molecule has 40 heavy (non-hydrogen) atoms. The molecule has 204 valence electrons. The number of H-pyrrole nitrogens is 1. The summed E-state index contributed by atoms with van der Waals surface area (Å²) in [6, 6.07) is 15.7. The minimum Gasteiger partial charge on any atom is -0.340 e. The van der Waals surface area contributed by atoms with Crippen molar-refractivity contribution in [2.45, 2.75) is 44.0 Å². The van der Waals surface area contributed by atoms with Gasteiger partial charge in [0, 0.05) is 27.9 Å². The van der Waals surface area contributed by atoms with Gasteiger partial charge in [0.05, 0.1) is 15.8 Å². The molecule has 0 bridgehead atoms. The van der Waals surface area contributed by atoms with Crippen molar-refractivity contribution in [3.8, 4) is 23.5 Å². The number of benzene rings is 3. The van der Waals surface area contributed by atoms with Crippen molar-refractivity contribution in [2.24, 2.45) is 5.92 Å². The molecule has 0 unspecified atom stereocenters. The SMILES string of the molecule is C#Cc1ccc2c(c1)[nH]c1c2c(=O)c2cc(CC(C)C)c(-c3cccc(S(=O)(=O)F)c3)cc2n1C1CCNCC1. The quantitative estimate of drug-likeness (QED) is 0.204. The molecule has 6 nitrogen and oxygen atoms in total. The van der Waals surface area contributed by atoms with Crippen LogP contribution in [0.3, 0.4) is 0 Å². The molecule has 1 saturated heterocycles. The second kappa shape index (κ2) is 9.92. The van der Waals surface area contributed by atoms with E-state index in [0.29, 0.717) is 22.8 Å². The molecule has 0 spiro atoms. The Balaban J connectivity index is 1.75. The highest BCUT2D eigenvalue weighted by atomic mass is 32.3. The van der Waals surface area contributed by atoms with Gasteiger partial charge in [0.2, 0.25) is 0 Å². The smallest absolute Gasteiger partial charge is 0.332 e. The van der Waals surface area contributed by atoms with Crippen LogP contribution >= 0.6 is 0 Å². The summed E-state index contributed by atoms with van der Waals surface area (Å²) in [6.07, 6.45) is 8.10. The third-order valence-electron chi connectivity index (χ3n) is 7.87. The lowest BCUT2D eigenvalue weighted by Gasteiger charge is -2.28. The molecule has 0 atom stereocenters. The van der Waals surface area contributed by atoms with E-state index in [-0.39, 0.29) is 22.3 Å². The van der Waals surface area contributed by atoms with E-state index < -0.39 is 10.2 Å². The van der Waals surface area contributed by atoms with Crippen LogP contribution in [0.15, 0.2) is 64.3 Å². The van der Waals surface area contributed by atoms with Gasteiger partial charge in [-0.1, -0.05) is 38.0 Å². The normalized spacial score (nSPS) is 14.9. The zero-order valence-electron chi connectivity index (χ0n) is 22.4. The fourth-order valence-corrected chi connectivity index (χ4v) is 6.60. The minimum absolute atomic E-state index is 0.0634. The molecule has 3 aromatic carbocycles. The number of halogens is 1. The van der Waals surface area contributed by atoms with E-state index in [1.807, 2.05) is 30.3 Å². The van der Waals surface area contributed by atoms with Gasteiger partial charge < -0.3 is 14.9 Å². The molecule has 2 N–H and O–H groups in total. The van der Waals surface area contributed by atoms with E-state index in [0.717, 1.165) is 64.7 Å². The molecule has 5 aromatic rings. The highest BCUT2D eigenvalue weighted by Crippen LogP contribution is 2.36. The topological polar surface area (TPSA) is 84.0 Å². The largest absolute Gasteiger partial charge is 0.340 e. The highest BCUT2D eigenvalue weighted by molar-refractivity contribution is 7.86. The maximum absolute atomic E-state index is 14.2. The van der Waals surface area contributed by atoms with Crippen molar-refractivity contribution < 1.29 is 12.3 Å². The third-order valence-corrected chi connectivity index (χ3v) is 8.68. The van der Waals surface area contributed by atoms with E-state index in [1.54, 1.807) is 12.1 Å². The van der Waals surface area contributed by atoms with Gasteiger partial charge in [0.25, 0.3) is 0 Å². The van der Waals surface area contributed by atoms with Crippen molar-refractivity contribution in [2.75, 3.05) is 13.1 Å². The fourth-order valence-electron chi connectivity index (χ4n) is 6.09. The Morgan fingerprint density at radius 3 is 2.55 bits per heavy atom. The molecule has 6 rings (SSSR count). The van der Waals surface area contributed by atoms with Crippen molar-refractivity contribution in [3.63, 3.8) is 0 Å². The lowest BCUT2D eigenvalue weighted by Crippen LogP contribution is -2.30. The van der Waals surface area contributed by atoms with Crippen LogP contribution in [0.4, 0.5) is 3.89 Å². The number of nitrogens with zero attached hydrogens (tertiary/aromatic N) is 1. The van der Waals surface area contributed by atoms with Crippen LogP contribution in [0.2, 0.25) is 0 Å². The lowest BCUT2D eigenvalue weighted by atomic mass is 9.91. The first-order valence-corrected chi connectivity index (χ1v) is 14.9. The van der Waals surface area contributed by atoms with Gasteiger partial charge in [0.1, 0.15) is 5.65 Å². The number of aromatic amines is 1. The van der Waals surface area contributed by atoms with Crippen molar-refractivity contribution >= 4 is 43.1 Å². The molecule has 1 fully saturated rings. The summed E-state index contributed by atoms with van der Waals surface area (Å²) in [4.78, 5) is 17.3. The van der Waals surface area contributed by atoms with Gasteiger partial charge in [-0.2, -0.15) is 8.42 Å². The molecule has 2 aromatic heterocycles. The minimum atomic E-state index is -4.87. The van der Waals surface area contributed by atoms with Gasteiger partial charge in [0.15, 0.2) is 5.43 Å². The molecule has 0 amide bonds. The lowest BCUT2D eigenvalue weighted by molar-refractivity contribution is 0.381. The second-order valence-corrected chi connectivity index (χ2v) is 12.4. The Kier molecular flexibility index (Phi) is 6.52.